The van der Waals surface area contributed by atoms with Gasteiger partial charge >= 0.3 is 0 Å². The molecule has 32 heavy (non-hydrogen) atoms. The number of hydrogen-bond acceptors (Lipinski definition) is 5. The first-order chi connectivity index (χ1) is 15.7. The number of rotatable bonds is 4. The maximum absolute atomic E-state index is 13.2. The van der Waals surface area contributed by atoms with Gasteiger partial charge in [-0.1, -0.05) is 30.3 Å². The molecule has 7 heteroatoms. The summed E-state index contributed by atoms with van der Waals surface area (Å²) in [5, 5.41) is 1.96. The van der Waals surface area contributed by atoms with Gasteiger partial charge in [-0.05, 0) is 41.8 Å². The highest BCUT2D eigenvalue weighted by Gasteiger charge is 2.36. The van der Waals surface area contributed by atoms with Gasteiger partial charge in [0.05, 0.1) is 18.1 Å². The third-order valence-electron chi connectivity index (χ3n) is 7.14. The van der Waals surface area contributed by atoms with Crippen molar-refractivity contribution in [2.45, 2.75) is 37.8 Å². The van der Waals surface area contributed by atoms with Crippen LogP contribution < -0.4 is 0 Å². The predicted octanol–water partition coefficient (Wildman–Crippen LogP) is 3.20. The number of fused-ring (bicyclic) bond motifs is 1. The minimum atomic E-state index is 0.111. The van der Waals surface area contributed by atoms with Gasteiger partial charge in [0, 0.05) is 51.2 Å². The van der Waals surface area contributed by atoms with E-state index in [1.165, 1.54) is 22.5 Å². The van der Waals surface area contributed by atoms with Crippen molar-refractivity contribution in [2.24, 2.45) is 0 Å². The number of carbonyl (C=O) groups is 2. The Bertz CT molecular complexity index is 934. The van der Waals surface area contributed by atoms with Crippen molar-refractivity contribution in [3.63, 3.8) is 0 Å². The molecule has 0 aliphatic carbocycles. The Kier molecular flexibility index (Phi) is 6.57. The lowest BCUT2D eigenvalue weighted by Crippen LogP contribution is -2.51. The Labute approximate surface area is 193 Å². The van der Waals surface area contributed by atoms with E-state index in [2.05, 4.69) is 29.2 Å². The van der Waals surface area contributed by atoms with Gasteiger partial charge in [-0.15, -0.1) is 11.3 Å². The van der Waals surface area contributed by atoms with Crippen molar-refractivity contribution in [1.82, 2.24) is 14.7 Å². The number of benzene rings is 1. The lowest BCUT2D eigenvalue weighted by molar-refractivity contribution is -0.137. The van der Waals surface area contributed by atoms with Gasteiger partial charge in [0.15, 0.2) is 0 Å². The molecule has 1 unspecified atom stereocenters. The van der Waals surface area contributed by atoms with E-state index in [1.54, 1.807) is 0 Å². The molecule has 4 heterocycles. The normalized spacial score (nSPS) is 22.6. The topological polar surface area (TPSA) is 53.1 Å². The first kappa shape index (κ1) is 21.6. The lowest BCUT2D eigenvalue weighted by Gasteiger charge is -2.45. The maximum Gasteiger partial charge on any atom is 0.263 e. The molecule has 0 saturated carbocycles. The molecule has 170 valence electrons. The smallest absolute Gasteiger partial charge is 0.263 e. The van der Waals surface area contributed by atoms with E-state index in [4.69, 9.17) is 4.74 Å². The highest BCUT2D eigenvalue weighted by atomic mass is 32.1. The summed E-state index contributed by atoms with van der Waals surface area (Å²) < 4.78 is 5.43. The number of piperidine rings is 1. The summed E-state index contributed by atoms with van der Waals surface area (Å²) in [4.78, 5) is 33.3. The van der Waals surface area contributed by atoms with Crippen LogP contribution in [-0.4, -0.2) is 78.5 Å². The predicted molar refractivity (Wildman–Crippen MR) is 125 cm³/mol. The van der Waals surface area contributed by atoms with E-state index < -0.39 is 0 Å². The fourth-order valence-electron chi connectivity index (χ4n) is 5.40. The molecule has 0 N–H and O–H groups in total. The highest BCUT2D eigenvalue weighted by molar-refractivity contribution is 7.12. The van der Waals surface area contributed by atoms with E-state index in [9.17, 15) is 9.59 Å². The summed E-state index contributed by atoms with van der Waals surface area (Å²) in [6.45, 7) is 5.18. The summed E-state index contributed by atoms with van der Waals surface area (Å²) in [5.41, 5.74) is 2.67. The minimum absolute atomic E-state index is 0.111. The van der Waals surface area contributed by atoms with Crippen LogP contribution in [0.3, 0.4) is 0 Å². The van der Waals surface area contributed by atoms with Crippen LogP contribution in [0.4, 0.5) is 0 Å². The molecule has 3 aliphatic rings. The second-order valence-electron chi connectivity index (χ2n) is 8.90. The molecule has 0 bridgehead atoms. The maximum atomic E-state index is 13.2. The zero-order valence-electron chi connectivity index (χ0n) is 18.4. The summed E-state index contributed by atoms with van der Waals surface area (Å²) in [7, 11) is 0. The molecule has 0 spiro atoms. The zero-order valence-corrected chi connectivity index (χ0v) is 19.3. The van der Waals surface area contributed by atoms with E-state index in [1.807, 2.05) is 27.3 Å². The van der Waals surface area contributed by atoms with E-state index in [0.717, 1.165) is 43.8 Å². The second kappa shape index (κ2) is 9.73. The van der Waals surface area contributed by atoms with Crippen LogP contribution in [-0.2, 0) is 16.0 Å². The summed E-state index contributed by atoms with van der Waals surface area (Å²) in [5.74, 6) is 0.381. The van der Waals surface area contributed by atoms with Crippen molar-refractivity contribution in [2.75, 3.05) is 45.9 Å². The Morgan fingerprint density at radius 1 is 0.938 bits per heavy atom. The van der Waals surface area contributed by atoms with Crippen LogP contribution in [0.25, 0.3) is 0 Å². The number of ether oxygens (including phenoxy) is 1. The van der Waals surface area contributed by atoms with Crippen molar-refractivity contribution >= 4 is 23.2 Å². The Morgan fingerprint density at radius 3 is 2.47 bits per heavy atom. The van der Waals surface area contributed by atoms with Crippen LogP contribution in [0.2, 0.25) is 0 Å². The zero-order chi connectivity index (χ0) is 21.9. The van der Waals surface area contributed by atoms with Crippen LogP contribution in [0, 0.1) is 0 Å². The average molecular weight is 454 g/mol. The number of hydrogen-bond donors (Lipinski definition) is 0. The number of nitrogens with zero attached hydrogens (tertiary/aromatic N) is 3. The molecule has 3 aliphatic heterocycles. The molecule has 1 atom stereocenters. The third kappa shape index (κ3) is 4.47. The second-order valence-corrected chi connectivity index (χ2v) is 9.85. The van der Waals surface area contributed by atoms with Gasteiger partial charge in [0.25, 0.3) is 5.91 Å². The minimum Gasteiger partial charge on any atom is -0.378 e. The molecule has 5 rings (SSSR count). The summed E-state index contributed by atoms with van der Waals surface area (Å²) >= 11 is 1.51. The Morgan fingerprint density at radius 2 is 1.72 bits per heavy atom. The first-order valence-electron chi connectivity index (χ1n) is 11.7. The van der Waals surface area contributed by atoms with Crippen molar-refractivity contribution in [3.05, 3.63) is 57.8 Å². The van der Waals surface area contributed by atoms with Gasteiger partial charge in [0.1, 0.15) is 0 Å². The Hall–Kier alpha value is -2.22. The highest BCUT2D eigenvalue weighted by Crippen LogP contribution is 2.36. The van der Waals surface area contributed by atoms with Crippen LogP contribution in [0.5, 0.6) is 0 Å². The van der Waals surface area contributed by atoms with Crippen LogP contribution >= 0.6 is 11.3 Å². The van der Waals surface area contributed by atoms with Crippen molar-refractivity contribution < 1.29 is 14.3 Å². The van der Waals surface area contributed by atoms with Crippen LogP contribution in [0.15, 0.2) is 41.8 Å². The van der Waals surface area contributed by atoms with Gasteiger partial charge in [-0.3, -0.25) is 14.5 Å². The molecule has 2 amide bonds. The largest absolute Gasteiger partial charge is 0.378 e. The van der Waals surface area contributed by atoms with Crippen molar-refractivity contribution in [1.29, 1.82) is 0 Å². The number of carbonyl (C=O) groups excluding carboxylic acids is 2. The lowest BCUT2D eigenvalue weighted by atomic mass is 9.87. The molecule has 6 nitrogen and oxygen atoms in total. The molecule has 2 saturated heterocycles. The van der Waals surface area contributed by atoms with Gasteiger partial charge in [-0.2, -0.15) is 0 Å². The molecular formula is C25H31N3O3S. The molecule has 2 aromatic rings. The number of likely N-dealkylation sites (tertiary alicyclic amines) is 1. The average Bonchev–Trinajstić information content (AvgIpc) is 3.39. The first-order valence-corrected chi connectivity index (χ1v) is 12.6. The molecule has 1 aromatic heterocycles. The number of morpholine rings is 1. The monoisotopic (exact) mass is 453 g/mol. The molecule has 1 aromatic carbocycles. The van der Waals surface area contributed by atoms with Gasteiger partial charge in [-0.25, -0.2) is 0 Å². The summed E-state index contributed by atoms with van der Waals surface area (Å²) in [6.07, 6.45) is 3.46. The van der Waals surface area contributed by atoms with E-state index in [0.29, 0.717) is 38.8 Å². The van der Waals surface area contributed by atoms with E-state index >= 15 is 0 Å². The molecule has 2 fully saturated rings. The van der Waals surface area contributed by atoms with Gasteiger partial charge in [0.2, 0.25) is 5.91 Å². The number of amides is 2. The van der Waals surface area contributed by atoms with Gasteiger partial charge < -0.3 is 14.5 Å². The van der Waals surface area contributed by atoms with Crippen LogP contribution in [0.1, 0.15) is 46.1 Å². The van der Waals surface area contributed by atoms with E-state index in [-0.39, 0.29) is 17.9 Å². The summed E-state index contributed by atoms with van der Waals surface area (Å²) in [6, 6.07) is 13.0. The molecular weight excluding hydrogens is 422 g/mol. The SMILES string of the molecule is O=C(CC1c2ccccc2CCN1C1CCN(C(=O)c2cccs2)CC1)N1CCOCC1. The fraction of sp³-hybridized carbons (Fsp3) is 0.520. The molecule has 0 radical (unpaired) electrons. The van der Waals surface area contributed by atoms with Crippen molar-refractivity contribution in [3.8, 4) is 0 Å². The number of thiophene rings is 1. The Balaban J connectivity index is 1.30. The fourth-order valence-corrected chi connectivity index (χ4v) is 6.09. The standard InChI is InChI=1S/C25H31N3O3S/c29-24(26-13-15-31-16-14-26)18-22-21-5-2-1-4-19(21)7-12-28(22)20-8-10-27(11-9-20)25(30)23-6-3-17-32-23/h1-6,17,20,22H,7-16,18H2. The third-order valence-corrected chi connectivity index (χ3v) is 8.00. The quantitative estimate of drug-likeness (QED) is 0.714.